The SMILES string of the molecule is COc1ccc2c(O[C@@H]3C[C@@H](C(N)=O)N(C(=O)[C@H](CCC(=O)/C=C/C4CCCC4)NC(=O)OC(C)(C)C)C3)nccc2c1. The largest absolute Gasteiger partial charge is 0.497 e. The number of primary amides is 1. The Bertz CT molecular complexity index is 1360. The van der Waals surface area contributed by atoms with Gasteiger partial charge in [0.15, 0.2) is 5.78 Å². The van der Waals surface area contributed by atoms with Gasteiger partial charge in [0.2, 0.25) is 17.7 Å². The fourth-order valence-electron chi connectivity index (χ4n) is 5.57. The van der Waals surface area contributed by atoms with Crippen molar-refractivity contribution in [3.8, 4) is 11.6 Å². The number of nitrogens with zero attached hydrogens (tertiary/aromatic N) is 2. The Hall–Kier alpha value is -4.15. The molecule has 1 aliphatic heterocycles. The van der Waals surface area contributed by atoms with Crippen molar-refractivity contribution in [2.45, 2.75) is 89.5 Å². The number of amides is 3. The second-order valence-corrected chi connectivity index (χ2v) is 12.2. The fourth-order valence-corrected chi connectivity index (χ4v) is 5.57. The summed E-state index contributed by atoms with van der Waals surface area (Å²) in [6.45, 7) is 5.18. The molecular weight excluding hydrogens is 552 g/mol. The Kier molecular flexibility index (Phi) is 10.3. The van der Waals surface area contributed by atoms with Gasteiger partial charge in [-0.3, -0.25) is 14.4 Å². The molecule has 11 nitrogen and oxygen atoms in total. The van der Waals surface area contributed by atoms with Gasteiger partial charge in [-0.15, -0.1) is 0 Å². The first-order valence-electron chi connectivity index (χ1n) is 14.8. The highest BCUT2D eigenvalue weighted by atomic mass is 16.6. The quantitative estimate of drug-likeness (QED) is 0.370. The number of ether oxygens (including phenoxy) is 3. The first-order valence-corrected chi connectivity index (χ1v) is 14.8. The molecule has 0 unspecified atom stereocenters. The van der Waals surface area contributed by atoms with Crippen LogP contribution in [0.1, 0.15) is 65.7 Å². The average molecular weight is 595 g/mol. The van der Waals surface area contributed by atoms with Crippen LogP contribution in [0.25, 0.3) is 10.8 Å². The van der Waals surface area contributed by atoms with Crippen LogP contribution in [0.15, 0.2) is 42.6 Å². The van der Waals surface area contributed by atoms with Crippen LogP contribution >= 0.6 is 0 Å². The number of allylic oxidation sites excluding steroid dienone is 2. The molecule has 2 heterocycles. The number of hydrogen-bond donors (Lipinski definition) is 2. The Labute approximate surface area is 252 Å². The predicted octanol–water partition coefficient (Wildman–Crippen LogP) is 4.07. The second kappa shape index (κ2) is 13.9. The average Bonchev–Trinajstić information content (AvgIpc) is 3.63. The highest BCUT2D eigenvalue weighted by molar-refractivity contribution is 5.93. The standard InChI is InChI=1S/C32H42N4O7/c1-32(2,3)43-31(40)35-26(14-11-22(37)10-9-20-7-5-6-8-20)30(39)36-19-24(18-27(36)28(33)38)42-29-25-13-12-23(41-4)17-21(25)15-16-34-29/h9-10,12-13,15-17,20,24,26-27H,5-8,11,14,18-19H2,1-4H3,(H2,33,38)(H,35,40)/b10-9+/t24-,26+,27+/m1/s1. The molecule has 1 aromatic heterocycles. The van der Waals surface area contributed by atoms with E-state index in [0.29, 0.717) is 17.5 Å². The molecule has 0 bridgehead atoms. The molecule has 3 amide bonds. The molecule has 0 radical (unpaired) electrons. The first-order chi connectivity index (χ1) is 20.4. The second-order valence-electron chi connectivity index (χ2n) is 12.2. The number of aromatic nitrogens is 1. The van der Waals surface area contributed by atoms with E-state index < -0.39 is 41.7 Å². The van der Waals surface area contributed by atoms with E-state index in [4.69, 9.17) is 19.9 Å². The molecule has 1 saturated carbocycles. The number of nitrogens with two attached hydrogens (primary N) is 1. The van der Waals surface area contributed by atoms with Crippen molar-refractivity contribution in [1.82, 2.24) is 15.2 Å². The van der Waals surface area contributed by atoms with Crippen molar-refractivity contribution in [2.24, 2.45) is 11.7 Å². The van der Waals surface area contributed by atoms with Gasteiger partial charge in [0.1, 0.15) is 29.5 Å². The van der Waals surface area contributed by atoms with Crippen molar-refractivity contribution in [3.63, 3.8) is 0 Å². The fraction of sp³-hybridized carbons (Fsp3) is 0.531. The molecule has 232 valence electrons. The third-order valence-electron chi connectivity index (χ3n) is 7.71. The van der Waals surface area contributed by atoms with E-state index in [1.165, 1.54) is 4.90 Å². The number of fused-ring (bicyclic) bond motifs is 1. The number of ketones is 1. The Morgan fingerprint density at radius 3 is 2.58 bits per heavy atom. The molecule has 43 heavy (non-hydrogen) atoms. The summed E-state index contributed by atoms with van der Waals surface area (Å²) in [6, 6.07) is 5.25. The van der Waals surface area contributed by atoms with Crippen molar-refractivity contribution in [1.29, 1.82) is 0 Å². The number of pyridine rings is 1. The molecule has 1 aromatic carbocycles. The molecule has 1 aliphatic carbocycles. The lowest BCUT2D eigenvalue weighted by atomic mass is 10.0. The summed E-state index contributed by atoms with van der Waals surface area (Å²) in [5.41, 5.74) is 4.92. The third-order valence-corrected chi connectivity index (χ3v) is 7.71. The minimum Gasteiger partial charge on any atom is -0.497 e. The predicted molar refractivity (Wildman–Crippen MR) is 161 cm³/mol. The highest BCUT2D eigenvalue weighted by Gasteiger charge is 2.42. The highest BCUT2D eigenvalue weighted by Crippen LogP contribution is 2.30. The topological polar surface area (TPSA) is 150 Å². The summed E-state index contributed by atoms with van der Waals surface area (Å²) in [4.78, 5) is 57.4. The van der Waals surface area contributed by atoms with E-state index in [1.54, 1.807) is 46.2 Å². The van der Waals surface area contributed by atoms with Gasteiger partial charge < -0.3 is 30.2 Å². The first kappa shape index (κ1) is 31.8. The zero-order valence-corrected chi connectivity index (χ0v) is 25.3. The summed E-state index contributed by atoms with van der Waals surface area (Å²) in [5.74, 6) is 0.0734. The van der Waals surface area contributed by atoms with Crippen molar-refractivity contribution in [3.05, 3.63) is 42.6 Å². The van der Waals surface area contributed by atoms with Crippen LogP contribution in [0.4, 0.5) is 4.79 Å². The third kappa shape index (κ3) is 8.68. The minimum atomic E-state index is -1.11. The number of likely N-dealkylation sites (tertiary alicyclic amines) is 1. The molecule has 2 fully saturated rings. The minimum absolute atomic E-state index is 0.0339. The van der Waals surface area contributed by atoms with E-state index in [9.17, 15) is 19.2 Å². The van der Waals surface area contributed by atoms with Crippen LogP contribution in [-0.4, -0.2) is 71.0 Å². The van der Waals surface area contributed by atoms with Crippen LogP contribution in [0.3, 0.4) is 0 Å². The lowest BCUT2D eigenvalue weighted by Crippen LogP contribution is -2.53. The Balaban J connectivity index is 1.49. The van der Waals surface area contributed by atoms with Crippen molar-refractivity contribution in [2.75, 3.05) is 13.7 Å². The van der Waals surface area contributed by atoms with Crippen molar-refractivity contribution < 1.29 is 33.4 Å². The van der Waals surface area contributed by atoms with Gasteiger partial charge in [-0.1, -0.05) is 18.9 Å². The summed E-state index contributed by atoms with van der Waals surface area (Å²) in [5, 5.41) is 4.22. The molecule has 1 saturated heterocycles. The molecule has 4 rings (SSSR count). The molecule has 3 atom stereocenters. The summed E-state index contributed by atoms with van der Waals surface area (Å²) in [7, 11) is 1.59. The number of hydrogen-bond acceptors (Lipinski definition) is 8. The van der Waals surface area contributed by atoms with E-state index in [2.05, 4.69) is 10.3 Å². The number of carbonyl (C=O) groups excluding carboxylic acids is 4. The summed E-state index contributed by atoms with van der Waals surface area (Å²) < 4.78 is 16.9. The Morgan fingerprint density at radius 1 is 1.16 bits per heavy atom. The normalized spacial score (nSPS) is 19.9. The van der Waals surface area contributed by atoms with Gasteiger partial charge in [0, 0.05) is 24.4 Å². The molecule has 11 heteroatoms. The van der Waals surface area contributed by atoms with Gasteiger partial charge in [-0.2, -0.15) is 0 Å². The molecule has 3 N–H and O–H groups in total. The van der Waals surface area contributed by atoms with Crippen LogP contribution in [0.5, 0.6) is 11.6 Å². The zero-order valence-electron chi connectivity index (χ0n) is 25.3. The number of carbonyl (C=O) groups is 4. The van der Waals surface area contributed by atoms with E-state index in [1.807, 2.05) is 24.3 Å². The molecule has 2 aliphatic rings. The number of alkyl carbamates (subject to hydrolysis) is 1. The summed E-state index contributed by atoms with van der Waals surface area (Å²) >= 11 is 0. The van der Waals surface area contributed by atoms with Crippen LogP contribution in [0.2, 0.25) is 0 Å². The maximum atomic E-state index is 13.9. The van der Waals surface area contributed by atoms with Gasteiger partial charge in [-0.25, -0.2) is 9.78 Å². The van der Waals surface area contributed by atoms with Crippen LogP contribution in [0, 0.1) is 5.92 Å². The maximum Gasteiger partial charge on any atom is 0.408 e. The maximum absolute atomic E-state index is 13.9. The van der Waals surface area contributed by atoms with Gasteiger partial charge in [-0.05, 0) is 81.7 Å². The lowest BCUT2D eigenvalue weighted by molar-refractivity contribution is -0.139. The number of nitrogens with one attached hydrogen (secondary N) is 1. The number of benzene rings is 1. The van der Waals surface area contributed by atoms with Gasteiger partial charge >= 0.3 is 6.09 Å². The van der Waals surface area contributed by atoms with Crippen LogP contribution < -0.4 is 20.5 Å². The van der Waals surface area contributed by atoms with Crippen LogP contribution in [-0.2, 0) is 19.1 Å². The lowest BCUT2D eigenvalue weighted by Gasteiger charge is -2.28. The van der Waals surface area contributed by atoms with Gasteiger partial charge in [0.25, 0.3) is 0 Å². The Morgan fingerprint density at radius 2 is 1.91 bits per heavy atom. The molecular formula is C32H42N4O7. The monoisotopic (exact) mass is 594 g/mol. The number of rotatable bonds is 11. The molecule has 0 spiro atoms. The smallest absolute Gasteiger partial charge is 0.408 e. The van der Waals surface area contributed by atoms with Crippen molar-refractivity contribution >= 4 is 34.5 Å². The summed E-state index contributed by atoms with van der Waals surface area (Å²) in [6.07, 6.45) is 8.42. The van der Waals surface area contributed by atoms with E-state index >= 15 is 0 Å². The van der Waals surface area contributed by atoms with E-state index in [-0.39, 0.29) is 31.6 Å². The molecule has 2 aromatic rings. The number of methoxy groups -OCH3 is 1. The van der Waals surface area contributed by atoms with E-state index in [0.717, 1.165) is 36.5 Å². The van der Waals surface area contributed by atoms with Gasteiger partial charge in [0.05, 0.1) is 13.7 Å². The zero-order chi connectivity index (χ0) is 31.1.